The molecule has 2 aliphatic heterocycles. The van der Waals surface area contributed by atoms with Crippen molar-refractivity contribution in [3.63, 3.8) is 0 Å². The van der Waals surface area contributed by atoms with Crippen molar-refractivity contribution >= 4 is 34.1 Å². The molecule has 0 saturated carbocycles. The SMILES string of the molecule is O=C(Nc1nc(-c2ccc3c(c2)CCO3)cs1)C1Cc2ccccc2S1. The van der Waals surface area contributed by atoms with E-state index in [9.17, 15) is 4.79 Å². The van der Waals surface area contributed by atoms with Crippen LogP contribution in [0.15, 0.2) is 52.7 Å². The molecule has 2 aliphatic rings. The lowest BCUT2D eigenvalue weighted by Crippen LogP contribution is -2.24. The van der Waals surface area contributed by atoms with Crippen LogP contribution in [0.3, 0.4) is 0 Å². The number of amides is 1. The number of thiazole rings is 1. The zero-order chi connectivity index (χ0) is 17.5. The maximum Gasteiger partial charge on any atom is 0.239 e. The Morgan fingerprint density at radius 2 is 2.12 bits per heavy atom. The van der Waals surface area contributed by atoms with Crippen LogP contribution in [-0.4, -0.2) is 22.7 Å². The van der Waals surface area contributed by atoms with Gasteiger partial charge >= 0.3 is 0 Å². The Labute approximate surface area is 159 Å². The second-order valence-corrected chi connectivity index (χ2v) is 8.47. The lowest BCUT2D eigenvalue weighted by molar-refractivity contribution is -0.115. The van der Waals surface area contributed by atoms with Crippen molar-refractivity contribution in [3.8, 4) is 17.0 Å². The van der Waals surface area contributed by atoms with Crippen molar-refractivity contribution in [2.24, 2.45) is 0 Å². The van der Waals surface area contributed by atoms with Gasteiger partial charge in [-0.15, -0.1) is 23.1 Å². The van der Waals surface area contributed by atoms with Crippen LogP contribution in [-0.2, 0) is 17.6 Å². The van der Waals surface area contributed by atoms with Crippen molar-refractivity contribution in [1.29, 1.82) is 0 Å². The predicted octanol–water partition coefficient (Wildman–Crippen LogP) is 4.40. The number of fused-ring (bicyclic) bond motifs is 2. The van der Waals surface area contributed by atoms with E-state index in [2.05, 4.69) is 28.5 Å². The maximum atomic E-state index is 12.6. The number of ether oxygens (including phenoxy) is 1. The molecule has 3 heterocycles. The standard InChI is InChI=1S/C20H16N2O2S2/c23-19(18-10-14-3-1-2-4-17(14)26-18)22-20-21-15(11-25-20)12-5-6-16-13(9-12)7-8-24-16/h1-6,9,11,18H,7-8,10H2,(H,21,22,23). The molecule has 0 fully saturated rings. The monoisotopic (exact) mass is 380 g/mol. The summed E-state index contributed by atoms with van der Waals surface area (Å²) in [6, 6.07) is 14.4. The predicted molar refractivity (Wildman–Crippen MR) is 105 cm³/mol. The van der Waals surface area contributed by atoms with Gasteiger partial charge in [0.25, 0.3) is 0 Å². The summed E-state index contributed by atoms with van der Waals surface area (Å²) in [6.45, 7) is 0.749. The third kappa shape index (κ3) is 2.89. The van der Waals surface area contributed by atoms with E-state index < -0.39 is 0 Å². The number of benzene rings is 2. The van der Waals surface area contributed by atoms with Gasteiger partial charge in [-0.25, -0.2) is 4.98 Å². The highest BCUT2D eigenvalue weighted by Crippen LogP contribution is 2.37. The molecule has 1 atom stereocenters. The molecular formula is C20H16N2O2S2. The van der Waals surface area contributed by atoms with E-state index in [1.807, 2.05) is 29.6 Å². The molecule has 26 heavy (non-hydrogen) atoms. The quantitative estimate of drug-likeness (QED) is 0.732. The van der Waals surface area contributed by atoms with E-state index in [4.69, 9.17) is 4.74 Å². The summed E-state index contributed by atoms with van der Waals surface area (Å²) in [4.78, 5) is 18.4. The van der Waals surface area contributed by atoms with Crippen LogP contribution >= 0.6 is 23.1 Å². The highest BCUT2D eigenvalue weighted by molar-refractivity contribution is 8.01. The Bertz CT molecular complexity index is 974. The topological polar surface area (TPSA) is 51.2 Å². The molecule has 2 aromatic carbocycles. The van der Waals surface area contributed by atoms with E-state index in [1.54, 1.807) is 11.8 Å². The largest absolute Gasteiger partial charge is 0.493 e. The van der Waals surface area contributed by atoms with Gasteiger partial charge in [-0.1, -0.05) is 18.2 Å². The van der Waals surface area contributed by atoms with Crippen molar-refractivity contribution < 1.29 is 9.53 Å². The van der Waals surface area contributed by atoms with Gasteiger partial charge in [-0.05, 0) is 41.8 Å². The molecule has 1 aromatic heterocycles. The first-order valence-corrected chi connectivity index (χ1v) is 10.3. The average Bonchev–Trinajstić information content (AvgIpc) is 3.39. The van der Waals surface area contributed by atoms with Gasteiger partial charge in [-0.2, -0.15) is 0 Å². The van der Waals surface area contributed by atoms with Crippen LogP contribution in [0.1, 0.15) is 11.1 Å². The van der Waals surface area contributed by atoms with E-state index in [0.29, 0.717) is 5.13 Å². The summed E-state index contributed by atoms with van der Waals surface area (Å²) in [6.07, 6.45) is 1.71. The van der Waals surface area contributed by atoms with Gasteiger partial charge in [0.15, 0.2) is 5.13 Å². The number of hydrogen-bond acceptors (Lipinski definition) is 5. The fraction of sp³-hybridized carbons (Fsp3) is 0.200. The first-order chi connectivity index (χ1) is 12.8. The molecule has 0 radical (unpaired) electrons. The van der Waals surface area contributed by atoms with Crippen LogP contribution in [0.2, 0.25) is 0 Å². The number of carbonyl (C=O) groups is 1. The van der Waals surface area contributed by atoms with Crippen molar-refractivity contribution in [1.82, 2.24) is 4.98 Å². The summed E-state index contributed by atoms with van der Waals surface area (Å²) in [5.74, 6) is 0.991. The zero-order valence-corrected chi connectivity index (χ0v) is 15.5. The third-order valence-corrected chi connectivity index (χ3v) is 6.73. The molecular weight excluding hydrogens is 364 g/mol. The number of aromatic nitrogens is 1. The van der Waals surface area contributed by atoms with Gasteiger partial charge in [0.2, 0.25) is 5.91 Å². The van der Waals surface area contributed by atoms with Gasteiger partial charge in [0.1, 0.15) is 5.75 Å². The summed E-state index contributed by atoms with van der Waals surface area (Å²) in [7, 11) is 0. The fourth-order valence-corrected chi connectivity index (χ4v) is 5.24. The number of nitrogens with one attached hydrogen (secondary N) is 1. The minimum absolute atomic E-state index is 0.0226. The molecule has 1 unspecified atom stereocenters. The molecule has 0 aliphatic carbocycles. The number of nitrogens with zero attached hydrogens (tertiary/aromatic N) is 1. The van der Waals surface area contributed by atoms with Crippen molar-refractivity contribution in [3.05, 3.63) is 59.0 Å². The minimum Gasteiger partial charge on any atom is -0.493 e. The Balaban J connectivity index is 1.30. The number of rotatable bonds is 3. The second-order valence-electron chi connectivity index (χ2n) is 6.37. The molecule has 0 saturated heterocycles. The third-order valence-electron chi connectivity index (χ3n) is 4.66. The van der Waals surface area contributed by atoms with Crippen LogP contribution < -0.4 is 10.1 Å². The number of thioether (sulfide) groups is 1. The van der Waals surface area contributed by atoms with E-state index in [-0.39, 0.29) is 11.2 Å². The summed E-state index contributed by atoms with van der Waals surface area (Å²) in [5, 5.41) is 5.54. The Morgan fingerprint density at radius 3 is 3.04 bits per heavy atom. The van der Waals surface area contributed by atoms with Crippen molar-refractivity contribution in [2.75, 3.05) is 11.9 Å². The van der Waals surface area contributed by atoms with Crippen LogP contribution in [0.5, 0.6) is 5.75 Å². The molecule has 130 valence electrons. The number of anilines is 1. The van der Waals surface area contributed by atoms with E-state index >= 15 is 0 Å². The van der Waals surface area contributed by atoms with Gasteiger partial charge in [0.05, 0.1) is 17.6 Å². The lowest BCUT2D eigenvalue weighted by Gasteiger charge is -2.07. The Kier molecular flexibility index (Phi) is 3.94. The fourth-order valence-electron chi connectivity index (χ4n) is 3.32. The molecule has 1 N–H and O–H groups in total. The van der Waals surface area contributed by atoms with E-state index in [1.165, 1.54) is 27.4 Å². The molecule has 0 spiro atoms. The molecule has 0 bridgehead atoms. The Morgan fingerprint density at radius 1 is 1.19 bits per heavy atom. The van der Waals surface area contributed by atoms with Gasteiger partial charge < -0.3 is 10.1 Å². The molecule has 1 amide bonds. The maximum absolute atomic E-state index is 12.6. The smallest absolute Gasteiger partial charge is 0.239 e. The van der Waals surface area contributed by atoms with Gasteiger partial charge in [0, 0.05) is 22.3 Å². The minimum atomic E-state index is -0.0862. The van der Waals surface area contributed by atoms with Crippen molar-refractivity contribution in [2.45, 2.75) is 23.0 Å². The first-order valence-electron chi connectivity index (χ1n) is 8.53. The normalized spacial score (nSPS) is 17.5. The summed E-state index contributed by atoms with van der Waals surface area (Å²) in [5.41, 5.74) is 4.43. The Hall–Kier alpha value is -2.31. The van der Waals surface area contributed by atoms with Gasteiger partial charge in [-0.3, -0.25) is 4.79 Å². The second kappa shape index (κ2) is 6.45. The first kappa shape index (κ1) is 15.9. The summed E-state index contributed by atoms with van der Waals surface area (Å²) >= 11 is 3.10. The van der Waals surface area contributed by atoms with E-state index in [0.717, 1.165) is 36.5 Å². The number of hydrogen-bond donors (Lipinski definition) is 1. The van der Waals surface area contributed by atoms with Crippen LogP contribution in [0, 0.1) is 0 Å². The molecule has 6 heteroatoms. The highest BCUT2D eigenvalue weighted by atomic mass is 32.2. The summed E-state index contributed by atoms with van der Waals surface area (Å²) < 4.78 is 5.55. The lowest BCUT2D eigenvalue weighted by atomic mass is 10.1. The molecule has 4 nitrogen and oxygen atoms in total. The molecule has 3 aromatic rings. The average molecular weight is 380 g/mol. The van der Waals surface area contributed by atoms with Crippen LogP contribution in [0.25, 0.3) is 11.3 Å². The molecule has 5 rings (SSSR count). The zero-order valence-electron chi connectivity index (χ0n) is 13.9. The number of carbonyl (C=O) groups excluding carboxylic acids is 1. The van der Waals surface area contributed by atoms with Crippen LogP contribution in [0.4, 0.5) is 5.13 Å². The highest BCUT2D eigenvalue weighted by Gasteiger charge is 2.28.